The van der Waals surface area contributed by atoms with Crippen LogP contribution in [0.4, 0.5) is 12.9 Å². The van der Waals surface area contributed by atoms with Gasteiger partial charge in [0.15, 0.2) is 0 Å². The molecule has 0 rings (SSSR count). The largest absolute Gasteiger partial charge is 1.00 e. The molecule has 0 heterocycles. The highest BCUT2D eigenvalue weighted by Crippen LogP contribution is 2.08. The van der Waals surface area contributed by atoms with E-state index in [-0.39, 0.29) is 1.43 Å². The summed E-state index contributed by atoms with van der Waals surface area (Å²) in [6.07, 6.45) is 1.05. The van der Waals surface area contributed by atoms with Gasteiger partial charge in [-0.05, 0) is 0 Å². The first-order valence-corrected chi connectivity index (χ1v) is 2.00. The van der Waals surface area contributed by atoms with Crippen LogP contribution in [0.5, 0.6) is 0 Å². The molecule has 0 N–H and O–H groups in total. The van der Waals surface area contributed by atoms with Gasteiger partial charge in [-0.1, -0.05) is 6.08 Å². The van der Waals surface area contributed by atoms with E-state index < -0.39 is 13.8 Å². The molecular weight excluding hydrogens is 120 g/mol. The minimum Gasteiger partial charge on any atom is -0.505 e. The van der Waals surface area contributed by atoms with Gasteiger partial charge in [0.25, 0.3) is 0 Å². The molecule has 0 aliphatic carbocycles. The highest BCUT2D eigenvalue weighted by atomic mass is 19.4. The summed E-state index contributed by atoms with van der Waals surface area (Å²) >= 11 is 0. The molecule has 1 nitrogen and oxygen atoms in total. The van der Waals surface area contributed by atoms with Crippen LogP contribution in [-0.2, 0) is 4.65 Å². The summed E-state index contributed by atoms with van der Waals surface area (Å²) < 4.78 is 36.4. The maximum Gasteiger partial charge on any atom is 1.00 e. The van der Waals surface area contributed by atoms with Crippen LogP contribution >= 0.6 is 0 Å². The minimum absolute atomic E-state index is 0. The van der Waals surface area contributed by atoms with Crippen LogP contribution in [0.25, 0.3) is 0 Å². The molecule has 8 heavy (non-hydrogen) atoms. The zero-order chi connectivity index (χ0) is 6.62. The van der Waals surface area contributed by atoms with E-state index >= 15 is 0 Å². The number of halogens is 3. The monoisotopic (exact) mass is 126 g/mol. The standard InChI is InChI=1S/C3H5BF3O/c1-2-3-8-4(5,6)7/h2H,1,3H2/q-1/p+1. The van der Waals surface area contributed by atoms with Gasteiger partial charge in [0, 0.05) is 6.61 Å². The molecule has 0 aromatic heterocycles. The third-order valence-electron chi connectivity index (χ3n) is 0.403. The Balaban J connectivity index is 0. The molecule has 0 aliphatic heterocycles. The van der Waals surface area contributed by atoms with Crippen molar-refractivity contribution >= 4 is 7.18 Å². The van der Waals surface area contributed by atoms with Crippen molar-refractivity contribution in [1.29, 1.82) is 0 Å². The van der Waals surface area contributed by atoms with Crippen LogP contribution in [0.1, 0.15) is 1.43 Å². The highest BCUT2D eigenvalue weighted by molar-refractivity contribution is 6.51. The highest BCUT2D eigenvalue weighted by Gasteiger charge is 2.23. The fraction of sp³-hybridized carbons (Fsp3) is 0.333. The summed E-state index contributed by atoms with van der Waals surface area (Å²) in [7, 11) is -5.07. The van der Waals surface area contributed by atoms with E-state index in [1.807, 2.05) is 0 Å². The van der Waals surface area contributed by atoms with Crippen LogP contribution in [0.3, 0.4) is 0 Å². The van der Waals surface area contributed by atoms with Gasteiger partial charge >= 0.3 is 8.61 Å². The molecule has 0 spiro atoms. The Hall–Kier alpha value is -0.445. The second-order valence-electron chi connectivity index (χ2n) is 1.14. The van der Waals surface area contributed by atoms with Crippen LogP contribution in [0.2, 0.25) is 0 Å². The summed E-state index contributed by atoms with van der Waals surface area (Å²) in [6.45, 7) is 2.59. The Morgan fingerprint density at radius 2 is 2.12 bits per heavy atom. The molecule has 0 aliphatic rings. The molecule has 48 valence electrons. The first-order chi connectivity index (χ1) is 3.56. The molecule has 0 aromatic rings. The van der Waals surface area contributed by atoms with Crippen molar-refractivity contribution in [3.63, 3.8) is 0 Å². The molecule has 0 atom stereocenters. The topological polar surface area (TPSA) is 9.23 Å². The van der Waals surface area contributed by atoms with E-state index in [2.05, 4.69) is 11.2 Å². The first-order valence-electron chi connectivity index (χ1n) is 2.00. The van der Waals surface area contributed by atoms with Gasteiger partial charge in [0.05, 0.1) is 0 Å². The fourth-order valence-corrected chi connectivity index (χ4v) is 0.177. The van der Waals surface area contributed by atoms with Gasteiger partial charge < -0.3 is 17.6 Å². The zero-order valence-corrected chi connectivity index (χ0v) is 4.11. The van der Waals surface area contributed by atoms with Crippen molar-refractivity contribution in [1.82, 2.24) is 0 Å². The second kappa shape index (κ2) is 2.76. The second-order valence-corrected chi connectivity index (χ2v) is 1.14. The molecule has 0 saturated heterocycles. The van der Waals surface area contributed by atoms with E-state index in [0.717, 1.165) is 6.08 Å². The van der Waals surface area contributed by atoms with E-state index in [4.69, 9.17) is 0 Å². The smallest absolute Gasteiger partial charge is 0.505 e. The van der Waals surface area contributed by atoms with Crippen molar-refractivity contribution in [2.45, 2.75) is 0 Å². The molecule has 0 unspecified atom stereocenters. The van der Waals surface area contributed by atoms with Gasteiger partial charge in [0.2, 0.25) is 0 Å². The summed E-state index contributed by atoms with van der Waals surface area (Å²) in [5.41, 5.74) is 0. The summed E-state index contributed by atoms with van der Waals surface area (Å²) in [5.74, 6) is 0. The molecule has 0 radical (unpaired) electrons. The Labute approximate surface area is 46.7 Å². The number of hydrogen-bond donors (Lipinski definition) is 0. The van der Waals surface area contributed by atoms with Crippen molar-refractivity contribution in [2.24, 2.45) is 0 Å². The molecule has 5 heteroatoms. The lowest BCUT2D eigenvalue weighted by Gasteiger charge is -2.13. The quantitative estimate of drug-likeness (QED) is 0.412. The maximum atomic E-state index is 11.0. The Bertz CT molecular complexity index is 83.6. The summed E-state index contributed by atoms with van der Waals surface area (Å²) in [4.78, 5) is 0. The van der Waals surface area contributed by atoms with E-state index in [1.54, 1.807) is 0 Å². The molecular formula is C3H6BF3O. The lowest BCUT2D eigenvalue weighted by atomic mass is 10.3. The van der Waals surface area contributed by atoms with Gasteiger partial charge in [-0.3, -0.25) is 0 Å². The minimum atomic E-state index is -5.07. The first kappa shape index (κ1) is 7.55. The van der Waals surface area contributed by atoms with Gasteiger partial charge in [0.1, 0.15) is 0 Å². The Morgan fingerprint density at radius 1 is 1.62 bits per heavy atom. The van der Waals surface area contributed by atoms with Crippen molar-refractivity contribution < 1.29 is 19.0 Å². The third-order valence-corrected chi connectivity index (χ3v) is 0.403. The predicted molar refractivity (Wildman–Crippen MR) is 26.3 cm³/mol. The van der Waals surface area contributed by atoms with Crippen LogP contribution < -0.4 is 0 Å². The van der Waals surface area contributed by atoms with Gasteiger partial charge in [-0.15, -0.1) is 6.58 Å². The lowest BCUT2D eigenvalue weighted by molar-refractivity contribution is 0.199. The van der Waals surface area contributed by atoms with E-state index in [0.29, 0.717) is 0 Å². The van der Waals surface area contributed by atoms with Gasteiger partial charge in [-0.2, -0.15) is 0 Å². The van der Waals surface area contributed by atoms with Crippen LogP contribution in [-0.4, -0.2) is 13.8 Å². The van der Waals surface area contributed by atoms with Gasteiger partial charge in [-0.25, -0.2) is 0 Å². The average molecular weight is 126 g/mol. The van der Waals surface area contributed by atoms with E-state index in [9.17, 15) is 12.9 Å². The summed E-state index contributed by atoms with van der Waals surface area (Å²) in [5, 5.41) is 0. The Morgan fingerprint density at radius 3 is 2.25 bits per heavy atom. The third kappa shape index (κ3) is 5.55. The normalized spacial score (nSPS) is 11.4. The average Bonchev–Trinajstić information content (AvgIpc) is 1.59. The molecule has 0 aromatic carbocycles. The predicted octanol–water partition coefficient (Wildman–Crippen LogP) is 1.65. The molecule has 0 amide bonds. The Kier molecular flexibility index (Phi) is 2.61. The van der Waals surface area contributed by atoms with Crippen molar-refractivity contribution in [3.8, 4) is 0 Å². The zero-order valence-electron chi connectivity index (χ0n) is 5.11. The number of hydrogen-bond acceptors (Lipinski definition) is 1. The van der Waals surface area contributed by atoms with Crippen LogP contribution in [0.15, 0.2) is 12.7 Å². The van der Waals surface area contributed by atoms with Crippen LogP contribution in [0, 0.1) is 0 Å². The van der Waals surface area contributed by atoms with Crippen molar-refractivity contribution in [2.75, 3.05) is 6.61 Å². The lowest BCUT2D eigenvalue weighted by Crippen LogP contribution is -2.20. The molecule has 0 saturated carbocycles. The SMILES string of the molecule is C=CCO[B-](F)(F)F.[H+]. The number of rotatable bonds is 3. The molecule has 0 fully saturated rings. The maximum absolute atomic E-state index is 11.0. The summed E-state index contributed by atoms with van der Waals surface area (Å²) in [6, 6.07) is 0. The fourth-order valence-electron chi connectivity index (χ4n) is 0.177. The molecule has 0 bridgehead atoms. The van der Waals surface area contributed by atoms with E-state index in [1.165, 1.54) is 0 Å². The van der Waals surface area contributed by atoms with Crippen molar-refractivity contribution in [3.05, 3.63) is 12.7 Å².